The van der Waals surface area contributed by atoms with E-state index < -0.39 is 0 Å². The van der Waals surface area contributed by atoms with Gasteiger partial charge in [0.25, 0.3) is 0 Å². The van der Waals surface area contributed by atoms with Crippen molar-refractivity contribution in [3.8, 4) is 0 Å². The number of nitrogens with zero attached hydrogens (tertiary/aromatic N) is 2. The van der Waals surface area contributed by atoms with E-state index in [9.17, 15) is 0 Å². The molecule has 0 amide bonds. The lowest BCUT2D eigenvalue weighted by atomic mass is 9.82. The summed E-state index contributed by atoms with van der Waals surface area (Å²) in [5.41, 5.74) is 5.76. The first kappa shape index (κ1) is 12.9. The molecule has 0 saturated carbocycles. The Morgan fingerprint density at radius 3 is 2.76 bits per heavy atom. The second-order valence-electron chi connectivity index (χ2n) is 4.65. The van der Waals surface area contributed by atoms with Gasteiger partial charge in [-0.1, -0.05) is 19.0 Å². The minimum Gasteiger partial charge on any atom is -0.339 e. The molecule has 0 aromatic carbocycles. The molecule has 0 radical (unpaired) electrons. The predicted octanol–water partition coefficient (Wildman–Crippen LogP) is 2.65. The third-order valence-corrected chi connectivity index (χ3v) is 5.23. The molecule has 2 N–H and O–H groups in total. The van der Waals surface area contributed by atoms with Crippen LogP contribution in [0.1, 0.15) is 56.5 Å². The van der Waals surface area contributed by atoms with Gasteiger partial charge in [0, 0.05) is 6.54 Å². The van der Waals surface area contributed by atoms with Crippen molar-refractivity contribution in [1.82, 2.24) is 10.1 Å². The molecule has 1 saturated heterocycles. The molecule has 17 heavy (non-hydrogen) atoms. The summed E-state index contributed by atoms with van der Waals surface area (Å²) in [6, 6.07) is 0. The molecule has 2 heterocycles. The Kier molecular flexibility index (Phi) is 4.09. The topological polar surface area (TPSA) is 64.9 Å². The van der Waals surface area contributed by atoms with E-state index in [-0.39, 0.29) is 5.41 Å². The molecular formula is C12H21N3OS. The molecule has 1 aliphatic heterocycles. The molecule has 96 valence electrons. The number of aromatic nitrogens is 2. The minimum atomic E-state index is -0.130. The first-order chi connectivity index (χ1) is 8.25. The summed E-state index contributed by atoms with van der Waals surface area (Å²) >= 11 is 1.93. The van der Waals surface area contributed by atoms with Crippen LogP contribution < -0.4 is 5.73 Å². The zero-order valence-corrected chi connectivity index (χ0v) is 11.4. The molecule has 5 heteroatoms. The Bertz CT molecular complexity index is 348. The van der Waals surface area contributed by atoms with Crippen molar-refractivity contribution in [1.29, 1.82) is 0 Å². The summed E-state index contributed by atoms with van der Waals surface area (Å²) < 4.78 is 5.46. The third-order valence-electron chi connectivity index (χ3n) is 3.86. The fourth-order valence-electron chi connectivity index (χ4n) is 2.29. The zero-order chi connectivity index (χ0) is 12.3. The van der Waals surface area contributed by atoms with E-state index in [4.69, 9.17) is 10.3 Å². The van der Waals surface area contributed by atoms with E-state index >= 15 is 0 Å². The lowest BCUT2D eigenvalue weighted by Crippen LogP contribution is -2.34. The summed E-state index contributed by atoms with van der Waals surface area (Å²) in [5.74, 6) is 2.80. The fourth-order valence-corrected chi connectivity index (χ4v) is 3.49. The van der Waals surface area contributed by atoms with Gasteiger partial charge in [0.1, 0.15) is 0 Å². The Morgan fingerprint density at radius 2 is 2.24 bits per heavy atom. The van der Waals surface area contributed by atoms with Crippen molar-refractivity contribution in [3.63, 3.8) is 0 Å². The van der Waals surface area contributed by atoms with Crippen LogP contribution in [-0.2, 0) is 5.41 Å². The van der Waals surface area contributed by atoms with Gasteiger partial charge < -0.3 is 10.3 Å². The van der Waals surface area contributed by atoms with Gasteiger partial charge in [-0.2, -0.15) is 16.7 Å². The molecule has 0 aliphatic carbocycles. The van der Waals surface area contributed by atoms with Crippen molar-refractivity contribution in [2.45, 2.75) is 50.2 Å². The van der Waals surface area contributed by atoms with E-state index in [0.29, 0.717) is 11.8 Å². The van der Waals surface area contributed by atoms with Crippen molar-refractivity contribution >= 4 is 11.8 Å². The van der Waals surface area contributed by atoms with Crippen LogP contribution in [0.3, 0.4) is 0 Å². The summed E-state index contributed by atoms with van der Waals surface area (Å²) in [4.78, 5) is 4.60. The number of rotatable bonds is 5. The van der Waals surface area contributed by atoms with Crippen molar-refractivity contribution < 1.29 is 4.52 Å². The van der Waals surface area contributed by atoms with E-state index in [1.807, 2.05) is 11.8 Å². The van der Waals surface area contributed by atoms with Gasteiger partial charge in [-0.15, -0.1) is 0 Å². The van der Waals surface area contributed by atoms with Gasteiger partial charge in [-0.05, 0) is 31.4 Å². The molecule has 0 spiro atoms. The minimum absolute atomic E-state index is 0.130. The van der Waals surface area contributed by atoms with E-state index in [0.717, 1.165) is 31.0 Å². The highest BCUT2D eigenvalue weighted by Crippen LogP contribution is 2.39. The molecule has 1 aromatic heterocycles. The van der Waals surface area contributed by atoms with Crippen LogP contribution in [0, 0.1) is 0 Å². The monoisotopic (exact) mass is 255 g/mol. The second-order valence-corrected chi connectivity index (χ2v) is 5.96. The number of hydrogen-bond donors (Lipinski definition) is 1. The highest BCUT2D eigenvalue weighted by Gasteiger charge is 2.34. The fraction of sp³-hybridized carbons (Fsp3) is 0.833. The van der Waals surface area contributed by atoms with Gasteiger partial charge in [-0.3, -0.25) is 0 Å². The maximum absolute atomic E-state index is 5.89. The number of hydrogen-bond acceptors (Lipinski definition) is 5. The van der Waals surface area contributed by atoms with Crippen LogP contribution in [0.15, 0.2) is 4.52 Å². The van der Waals surface area contributed by atoms with Crippen LogP contribution >= 0.6 is 11.8 Å². The lowest BCUT2D eigenvalue weighted by molar-refractivity contribution is 0.266. The normalized spacial score (nSPS) is 21.0. The van der Waals surface area contributed by atoms with Crippen molar-refractivity contribution in [2.24, 2.45) is 5.73 Å². The Morgan fingerprint density at radius 1 is 1.47 bits per heavy atom. The quantitative estimate of drug-likeness (QED) is 0.876. The summed E-state index contributed by atoms with van der Waals surface area (Å²) in [5, 5.41) is 4.57. The third kappa shape index (κ3) is 2.36. The van der Waals surface area contributed by atoms with E-state index in [1.165, 1.54) is 12.2 Å². The Labute approximate surface area is 107 Å². The van der Waals surface area contributed by atoms with Crippen LogP contribution in [0.2, 0.25) is 0 Å². The summed E-state index contributed by atoms with van der Waals surface area (Å²) in [6.07, 6.45) is 4.30. The van der Waals surface area contributed by atoms with Gasteiger partial charge in [0.15, 0.2) is 5.82 Å². The average Bonchev–Trinajstić information content (AvgIpc) is 3.03. The summed E-state index contributed by atoms with van der Waals surface area (Å²) in [6.45, 7) is 4.83. The Balaban J connectivity index is 2.21. The van der Waals surface area contributed by atoms with Gasteiger partial charge in [-0.25, -0.2) is 0 Å². The highest BCUT2D eigenvalue weighted by molar-refractivity contribution is 7.99. The molecular weight excluding hydrogens is 234 g/mol. The van der Waals surface area contributed by atoms with Gasteiger partial charge >= 0.3 is 0 Å². The van der Waals surface area contributed by atoms with Crippen molar-refractivity contribution in [3.05, 3.63) is 11.7 Å². The lowest BCUT2D eigenvalue weighted by Gasteiger charge is -2.24. The summed E-state index contributed by atoms with van der Waals surface area (Å²) in [7, 11) is 0. The molecule has 0 bridgehead atoms. The van der Waals surface area contributed by atoms with Crippen LogP contribution in [0.4, 0.5) is 0 Å². The van der Waals surface area contributed by atoms with E-state index in [2.05, 4.69) is 24.0 Å². The molecule has 1 unspecified atom stereocenters. The first-order valence-corrected chi connectivity index (χ1v) is 7.46. The molecule has 1 aliphatic rings. The van der Waals surface area contributed by atoms with Crippen LogP contribution in [-0.4, -0.2) is 22.4 Å². The van der Waals surface area contributed by atoms with Crippen LogP contribution in [0.25, 0.3) is 0 Å². The SMILES string of the molecule is CCC(CC)(CN)c1nc(C2CCCS2)no1. The number of thioether (sulfide) groups is 1. The molecule has 1 aromatic rings. The smallest absolute Gasteiger partial charge is 0.234 e. The van der Waals surface area contributed by atoms with E-state index in [1.54, 1.807) is 0 Å². The Hall–Kier alpha value is -0.550. The standard InChI is InChI=1S/C12H21N3OS/c1-3-12(4-2,8-13)11-14-10(15-16-11)9-6-5-7-17-9/h9H,3-8,13H2,1-2H3. The number of nitrogens with two attached hydrogens (primary N) is 1. The zero-order valence-electron chi connectivity index (χ0n) is 10.6. The van der Waals surface area contributed by atoms with Gasteiger partial charge in [0.05, 0.1) is 10.7 Å². The molecule has 2 rings (SSSR count). The maximum Gasteiger partial charge on any atom is 0.234 e. The van der Waals surface area contributed by atoms with Crippen molar-refractivity contribution in [2.75, 3.05) is 12.3 Å². The largest absolute Gasteiger partial charge is 0.339 e. The highest BCUT2D eigenvalue weighted by atomic mass is 32.2. The maximum atomic E-state index is 5.89. The molecule has 1 fully saturated rings. The first-order valence-electron chi connectivity index (χ1n) is 6.41. The van der Waals surface area contributed by atoms with Gasteiger partial charge in [0.2, 0.25) is 5.89 Å². The molecule has 4 nitrogen and oxygen atoms in total. The second kappa shape index (κ2) is 5.40. The average molecular weight is 255 g/mol. The predicted molar refractivity (Wildman–Crippen MR) is 70.0 cm³/mol. The molecule has 1 atom stereocenters. The van der Waals surface area contributed by atoms with Crippen LogP contribution in [0.5, 0.6) is 0 Å².